The van der Waals surface area contributed by atoms with Crippen molar-refractivity contribution < 1.29 is 8.81 Å². The molecule has 5 aromatic rings. The third-order valence-corrected chi connectivity index (χ3v) is 7.83. The lowest BCUT2D eigenvalue weighted by Gasteiger charge is -2.09. The number of furan rings is 1. The third kappa shape index (κ3) is 2.97. The summed E-state index contributed by atoms with van der Waals surface area (Å²) in [4.78, 5) is 32.4. The van der Waals surface area contributed by atoms with E-state index < -0.39 is 0 Å². The van der Waals surface area contributed by atoms with Crippen LogP contribution in [0.4, 0.5) is 4.39 Å². The van der Waals surface area contributed by atoms with Crippen molar-refractivity contribution in [1.29, 1.82) is 0 Å². The highest BCUT2D eigenvalue weighted by Gasteiger charge is 2.22. The summed E-state index contributed by atoms with van der Waals surface area (Å²) in [5.74, 6) is 0.650. The molecule has 0 radical (unpaired) electrons. The van der Waals surface area contributed by atoms with Gasteiger partial charge in [-0.2, -0.15) is 4.98 Å². The predicted molar refractivity (Wildman–Crippen MR) is 121 cm³/mol. The number of thiazole rings is 1. The summed E-state index contributed by atoms with van der Waals surface area (Å²) < 4.78 is 21.3. The van der Waals surface area contributed by atoms with Gasteiger partial charge < -0.3 is 4.42 Å². The number of benzene rings is 1. The molecule has 1 aliphatic carbocycles. The molecule has 0 unspecified atom stereocenters. The van der Waals surface area contributed by atoms with Crippen LogP contribution < -0.4 is 15.7 Å². The number of hydrogen-bond acceptors (Lipinski definition) is 6. The van der Waals surface area contributed by atoms with Gasteiger partial charge in [-0.15, -0.1) is 11.3 Å². The number of halogens is 1. The molecule has 8 heteroatoms. The summed E-state index contributed by atoms with van der Waals surface area (Å²) >= 11 is 2.71. The third-order valence-electron chi connectivity index (χ3n) is 5.58. The zero-order valence-corrected chi connectivity index (χ0v) is 17.8. The molecule has 0 N–H and O–H groups in total. The first-order valence-corrected chi connectivity index (χ1v) is 11.6. The fraction of sp³-hybridized carbons (Fsp3) is 0.174. The molecule has 1 aliphatic rings. The number of nitrogens with zero attached hydrogens (tertiary/aromatic N) is 2. The van der Waals surface area contributed by atoms with Crippen LogP contribution in [0.25, 0.3) is 32.6 Å². The Labute approximate surface area is 182 Å². The molecule has 5 nitrogen and oxygen atoms in total. The average Bonchev–Trinajstić information content (AvgIpc) is 3.45. The van der Waals surface area contributed by atoms with Crippen molar-refractivity contribution in [3.63, 3.8) is 0 Å². The summed E-state index contributed by atoms with van der Waals surface area (Å²) in [6.07, 6.45) is 5.62. The Balaban J connectivity index is 1.53. The van der Waals surface area contributed by atoms with Crippen molar-refractivity contribution in [2.75, 3.05) is 0 Å². The Kier molecular flexibility index (Phi) is 4.19. The van der Waals surface area contributed by atoms with Gasteiger partial charge in [-0.3, -0.25) is 9.59 Å². The van der Waals surface area contributed by atoms with Crippen molar-refractivity contribution >= 4 is 43.9 Å². The maximum atomic E-state index is 13.5. The summed E-state index contributed by atoms with van der Waals surface area (Å²) in [5.41, 5.74) is 1.23. The van der Waals surface area contributed by atoms with Crippen molar-refractivity contribution in [3.05, 3.63) is 83.7 Å². The van der Waals surface area contributed by atoms with Gasteiger partial charge in [-0.05, 0) is 55.5 Å². The molecule has 154 valence electrons. The molecule has 0 spiro atoms. The Bertz CT molecular complexity index is 1660. The minimum absolute atomic E-state index is 0.209. The van der Waals surface area contributed by atoms with E-state index in [-0.39, 0.29) is 16.9 Å². The Hall–Kier alpha value is -3.10. The Morgan fingerprint density at radius 2 is 1.97 bits per heavy atom. The number of hydrogen-bond donors (Lipinski definition) is 0. The first-order chi connectivity index (χ1) is 15.1. The van der Waals surface area contributed by atoms with Crippen molar-refractivity contribution in [3.8, 4) is 11.3 Å². The molecule has 4 aromatic heterocycles. The van der Waals surface area contributed by atoms with Crippen LogP contribution in [-0.4, -0.2) is 9.38 Å². The molecule has 0 aliphatic heterocycles. The Morgan fingerprint density at radius 3 is 2.84 bits per heavy atom. The highest BCUT2D eigenvalue weighted by molar-refractivity contribution is 7.19. The second-order valence-electron chi connectivity index (χ2n) is 7.55. The van der Waals surface area contributed by atoms with E-state index in [1.54, 1.807) is 34.7 Å². The summed E-state index contributed by atoms with van der Waals surface area (Å²) in [7, 11) is 0. The molecule has 0 saturated carbocycles. The lowest BCUT2D eigenvalue weighted by molar-refractivity contribution is 0.569. The van der Waals surface area contributed by atoms with Gasteiger partial charge in [0.05, 0.1) is 5.39 Å². The number of aryl methyl sites for hydroxylation is 2. The number of rotatable bonds is 2. The predicted octanol–water partition coefficient (Wildman–Crippen LogP) is 4.16. The van der Waals surface area contributed by atoms with Gasteiger partial charge in [0, 0.05) is 16.5 Å². The first-order valence-electron chi connectivity index (χ1n) is 9.96. The second-order valence-corrected chi connectivity index (χ2v) is 9.65. The normalized spacial score (nSPS) is 14.5. The highest BCUT2D eigenvalue weighted by atomic mass is 32.1. The zero-order chi connectivity index (χ0) is 21.1. The van der Waals surface area contributed by atoms with Gasteiger partial charge >= 0.3 is 0 Å². The fourth-order valence-corrected chi connectivity index (χ4v) is 6.54. The average molecular weight is 451 g/mol. The van der Waals surface area contributed by atoms with Crippen LogP contribution in [0, 0.1) is 5.82 Å². The molecule has 0 bridgehead atoms. The van der Waals surface area contributed by atoms with Crippen LogP contribution >= 0.6 is 22.7 Å². The molecule has 0 atom stereocenters. The van der Waals surface area contributed by atoms with Gasteiger partial charge in [0.25, 0.3) is 11.1 Å². The van der Waals surface area contributed by atoms with Gasteiger partial charge in [-0.25, -0.2) is 8.79 Å². The maximum absolute atomic E-state index is 13.5. The second kappa shape index (κ2) is 6.96. The van der Waals surface area contributed by atoms with E-state index in [2.05, 4.69) is 4.98 Å². The van der Waals surface area contributed by atoms with E-state index in [0.29, 0.717) is 36.8 Å². The van der Waals surface area contributed by atoms with E-state index in [4.69, 9.17) is 4.42 Å². The van der Waals surface area contributed by atoms with E-state index in [0.717, 1.165) is 31.2 Å². The van der Waals surface area contributed by atoms with Gasteiger partial charge in [0.15, 0.2) is 0 Å². The molecule has 0 saturated heterocycles. The first kappa shape index (κ1) is 18.7. The smallest absolute Gasteiger partial charge is 0.282 e. The SMILES string of the molecule is O=c1nc2sc(=Cc3ccc(-c4cccc(F)c4)o3)c(=O)n2c2sc3c(c12)CCCC3. The van der Waals surface area contributed by atoms with Gasteiger partial charge in [0.1, 0.15) is 26.7 Å². The fourth-order valence-electron chi connectivity index (χ4n) is 4.16. The number of aromatic nitrogens is 2. The molecule has 31 heavy (non-hydrogen) atoms. The lowest BCUT2D eigenvalue weighted by atomic mass is 9.97. The summed E-state index contributed by atoms with van der Waals surface area (Å²) in [6.45, 7) is 0. The Morgan fingerprint density at radius 1 is 1.10 bits per heavy atom. The largest absolute Gasteiger partial charge is 0.457 e. The van der Waals surface area contributed by atoms with E-state index >= 15 is 0 Å². The molecular weight excluding hydrogens is 435 g/mol. The minimum Gasteiger partial charge on any atom is -0.457 e. The van der Waals surface area contributed by atoms with Crippen LogP contribution in [-0.2, 0) is 12.8 Å². The van der Waals surface area contributed by atoms with Crippen LogP contribution in [0.5, 0.6) is 0 Å². The van der Waals surface area contributed by atoms with Crippen LogP contribution in [0.3, 0.4) is 0 Å². The van der Waals surface area contributed by atoms with Crippen LogP contribution in [0.15, 0.2) is 50.4 Å². The van der Waals surface area contributed by atoms with Crippen molar-refractivity contribution in [1.82, 2.24) is 9.38 Å². The van der Waals surface area contributed by atoms with Gasteiger partial charge in [-0.1, -0.05) is 23.5 Å². The lowest BCUT2D eigenvalue weighted by Crippen LogP contribution is -2.24. The topological polar surface area (TPSA) is 64.6 Å². The molecular formula is C23H15FN2O3S2. The van der Waals surface area contributed by atoms with Crippen LogP contribution in [0.1, 0.15) is 29.0 Å². The van der Waals surface area contributed by atoms with Gasteiger partial charge in [0.2, 0.25) is 4.96 Å². The number of fused-ring (bicyclic) bond motifs is 5. The van der Waals surface area contributed by atoms with E-state index in [9.17, 15) is 14.0 Å². The van der Waals surface area contributed by atoms with Crippen LogP contribution in [0.2, 0.25) is 0 Å². The quantitative estimate of drug-likeness (QED) is 0.405. The van der Waals surface area contributed by atoms with Crippen molar-refractivity contribution in [2.45, 2.75) is 25.7 Å². The molecule has 0 fully saturated rings. The number of thiophene rings is 1. The minimum atomic E-state index is -0.343. The molecule has 1 aromatic carbocycles. The summed E-state index contributed by atoms with van der Waals surface area (Å²) in [5, 5.41) is 0.602. The standard InChI is InChI=1S/C23H15FN2O3S2/c24-13-5-3-4-12(10-13)16-9-8-14(29-16)11-18-21(28)26-22-19(20(27)25-23(26)31-18)15-6-1-2-7-17(15)30-22/h3-5,8-11H,1-2,6-7H2. The monoisotopic (exact) mass is 450 g/mol. The van der Waals surface area contributed by atoms with E-state index in [1.807, 2.05) is 0 Å². The summed E-state index contributed by atoms with van der Waals surface area (Å²) in [6, 6.07) is 9.62. The van der Waals surface area contributed by atoms with Crippen molar-refractivity contribution in [2.24, 2.45) is 0 Å². The molecule has 4 heterocycles. The maximum Gasteiger partial charge on any atom is 0.282 e. The molecule has 6 rings (SSSR count). The van der Waals surface area contributed by atoms with E-state index in [1.165, 1.54) is 39.7 Å². The molecule has 0 amide bonds. The zero-order valence-electron chi connectivity index (χ0n) is 16.2. The highest BCUT2D eigenvalue weighted by Crippen LogP contribution is 2.34.